The zero-order valence-electron chi connectivity index (χ0n) is 16.5. The first-order valence-corrected chi connectivity index (χ1v) is 10.3. The van der Waals surface area contributed by atoms with E-state index in [-0.39, 0.29) is 5.91 Å². The van der Waals surface area contributed by atoms with Crippen molar-refractivity contribution in [3.63, 3.8) is 0 Å². The van der Waals surface area contributed by atoms with Crippen LogP contribution in [-0.4, -0.2) is 63.4 Å². The SMILES string of the molecule is Cc1nc(CN(C)Cc2c(C(=O)N3CCOCC3)nc3c(C)cccn23)cs1. The van der Waals surface area contributed by atoms with E-state index in [4.69, 9.17) is 9.72 Å². The minimum atomic E-state index is -0.0145. The van der Waals surface area contributed by atoms with Crippen molar-refractivity contribution in [2.75, 3.05) is 33.4 Å². The normalized spacial score (nSPS) is 14.9. The summed E-state index contributed by atoms with van der Waals surface area (Å²) in [5, 5.41) is 3.15. The van der Waals surface area contributed by atoms with E-state index in [0.717, 1.165) is 34.2 Å². The lowest BCUT2D eigenvalue weighted by Crippen LogP contribution is -2.41. The van der Waals surface area contributed by atoms with E-state index in [1.165, 1.54) is 0 Å². The number of thiazole rings is 1. The van der Waals surface area contributed by atoms with E-state index < -0.39 is 0 Å². The molecule has 1 fully saturated rings. The van der Waals surface area contributed by atoms with Gasteiger partial charge in [-0.3, -0.25) is 9.69 Å². The van der Waals surface area contributed by atoms with Crippen LogP contribution in [0.5, 0.6) is 0 Å². The summed E-state index contributed by atoms with van der Waals surface area (Å²) in [5.41, 5.74) is 4.41. The maximum Gasteiger partial charge on any atom is 0.274 e. The molecule has 1 aliphatic heterocycles. The zero-order chi connectivity index (χ0) is 19.7. The monoisotopic (exact) mass is 399 g/mol. The fourth-order valence-electron chi connectivity index (χ4n) is 3.56. The summed E-state index contributed by atoms with van der Waals surface area (Å²) < 4.78 is 7.44. The van der Waals surface area contributed by atoms with Crippen LogP contribution >= 0.6 is 11.3 Å². The number of amides is 1. The lowest BCUT2D eigenvalue weighted by molar-refractivity contribution is 0.0298. The van der Waals surface area contributed by atoms with Crippen molar-refractivity contribution in [1.82, 2.24) is 24.2 Å². The molecule has 148 valence electrons. The van der Waals surface area contributed by atoms with E-state index >= 15 is 0 Å². The Bertz CT molecular complexity index is 990. The molecule has 1 amide bonds. The van der Waals surface area contributed by atoms with Crippen molar-refractivity contribution in [2.24, 2.45) is 0 Å². The summed E-state index contributed by atoms with van der Waals surface area (Å²) in [6.45, 7) is 7.77. The van der Waals surface area contributed by atoms with Gasteiger partial charge in [0.25, 0.3) is 5.91 Å². The highest BCUT2D eigenvalue weighted by Gasteiger charge is 2.26. The first kappa shape index (κ1) is 19.0. The van der Waals surface area contributed by atoms with Crippen molar-refractivity contribution < 1.29 is 9.53 Å². The number of ether oxygens (including phenoxy) is 1. The first-order chi connectivity index (χ1) is 13.5. The molecule has 0 spiro atoms. The Balaban J connectivity index is 1.66. The third-order valence-corrected chi connectivity index (χ3v) is 5.79. The molecule has 4 heterocycles. The average molecular weight is 400 g/mol. The molecule has 0 aromatic carbocycles. The quantitative estimate of drug-likeness (QED) is 0.660. The minimum absolute atomic E-state index is 0.0145. The number of imidazole rings is 1. The summed E-state index contributed by atoms with van der Waals surface area (Å²) in [6, 6.07) is 4.02. The summed E-state index contributed by atoms with van der Waals surface area (Å²) in [5.74, 6) is -0.0145. The van der Waals surface area contributed by atoms with Gasteiger partial charge in [-0.1, -0.05) is 6.07 Å². The van der Waals surface area contributed by atoms with Gasteiger partial charge in [-0.2, -0.15) is 0 Å². The fourth-order valence-corrected chi connectivity index (χ4v) is 4.16. The van der Waals surface area contributed by atoms with Gasteiger partial charge in [-0.25, -0.2) is 9.97 Å². The van der Waals surface area contributed by atoms with E-state index in [2.05, 4.69) is 15.3 Å². The van der Waals surface area contributed by atoms with E-state index in [1.807, 2.05) is 48.5 Å². The van der Waals surface area contributed by atoms with Gasteiger partial charge >= 0.3 is 0 Å². The number of carbonyl (C=O) groups excluding carboxylic acids is 1. The second-order valence-electron chi connectivity index (χ2n) is 7.23. The van der Waals surface area contributed by atoms with Crippen molar-refractivity contribution in [1.29, 1.82) is 0 Å². The molecular weight excluding hydrogens is 374 g/mol. The highest BCUT2D eigenvalue weighted by atomic mass is 32.1. The Morgan fingerprint density at radius 2 is 2.04 bits per heavy atom. The van der Waals surface area contributed by atoms with Crippen LogP contribution in [0.15, 0.2) is 23.7 Å². The molecule has 0 N–H and O–H groups in total. The summed E-state index contributed by atoms with van der Waals surface area (Å²) in [6.07, 6.45) is 1.99. The lowest BCUT2D eigenvalue weighted by Gasteiger charge is -2.26. The Labute approximate surface area is 168 Å². The van der Waals surface area contributed by atoms with Crippen molar-refractivity contribution >= 4 is 22.9 Å². The van der Waals surface area contributed by atoms with E-state index in [9.17, 15) is 4.79 Å². The molecule has 0 atom stereocenters. The molecule has 8 heteroatoms. The minimum Gasteiger partial charge on any atom is -0.378 e. The number of aromatic nitrogens is 3. The Morgan fingerprint density at radius 3 is 2.75 bits per heavy atom. The molecule has 1 saturated heterocycles. The van der Waals surface area contributed by atoms with Crippen LogP contribution in [0.1, 0.15) is 32.4 Å². The fraction of sp³-hybridized carbons (Fsp3) is 0.450. The number of fused-ring (bicyclic) bond motifs is 1. The van der Waals surface area contributed by atoms with Crippen molar-refractivity contribution in [3.8, 4) is 0 Å². The first-order valence-electron chi connectivity index (χ1n) is 9.46. The highest BCUT2D eigenvalue weighted by molar-refractivity contribution is 7.09. The van der Waals surface area contributed by atoms with Crippen LogP contribution in [0.4, 0.5) is 0 Å². The summed E-state index contributed by atoms with van der Waals surface area (Å²) in [7, 11) is 2.05. The molecule has 3 aromatic heterocycles. The van der Waals surface area contributed by atoms with Gasteiger partial charge in [0.1, 0.15) is 5.65 Å². The van der Waals surface area contributed by atoms with Crippen molar-refractivity contribution in [2.45, 2.75) is 26.9 Å². The Morgan fingerprint density at radius 1 is 1.25 bits per heavy atom. The van der Waals surface area contributed by atoms with Gasteiger partial charge in [0.15, 0.2) is 5.69 Å². The van der Waals surface area contributed by atoms with E-state index in [0.29, 0.717) is 38.5 Å². The molecule has 4 rings (SSSR count). The number of nitrogens with zero attached hydrogens (tertiary/aromatic N) is 5. The Kier molecular flexibility index (Phi) is 5.43. The molecule has 1 aliphatic rings. The lowest BCUT2D eigenvalue weighted by atomic mass is 10.2. The number of pyridine rings is 1. The smallest absolute Gasteiger partial charge is 0.274 e. The molecule has 0 radical (unpaired) electrons. The van der Waals surface area contributed by atoms with Crippen LogP contribution in [0.2, 0.25) is 0 Å². The van der Waals surface area contributed by atoms with E-state index in [1.54, 1.807) is 11.3 Å². The number of hydrogen-bond acceptors (Lipinski definition) is 6. The molecule has 0 saturated carbocycles. The zero-order valence-corrected chi connectivity index (χ0v) is 17.3. The van der Waals surface area contributed by atoms with Crippen LogP contribution in [0, 0.1) is 13.8 Å². The van der Waals surface area contributed by atoms with Gasteiger partial charge in [-0.05, 0) is 32.5 Å². The average Bonchev–Trinajstić information content (AvgIpc) is 3.26. The van der Waals surface area contributed by atoms with Crippen molar-refractivity contribution in [3.05, 3.63) is 51.4 Å². The molecule has 28 heavy (non-hydrogen) atoms. The predicted molar refractivity (Wildman–Crippen MR) is 109 cm³/mol. The number of hydrogen-bond donors (Lipinski definition) is 0. The van der Waals surface area contributed by atoms with Gasteiger partial charge in [0.2, 0.25) is 0 Å². The Hall–Kier alpha value is -2.29. The number of aryl methyl sites for hydroxylation is 2. The van der Waals surface area contributed by atoms with Crippen LogP contribution in [-0.2, 0) is 17.8 Å². The highest BCUT2D eigenvalue weighted by Crippen LogP contribution is 2.20. The third-order valence-electron chi connectivity index (χ3n) is 4.96. The largest absolute Gasteiger partial charge is 0.378 e. The number of morpholine rings is 1. The van der Waals surface area contributed by atoms with Crippen LogP contribution in [0.25, 0.3) is 5.65 Å². The van der Waals surface area contributed by atoms with Gasteiger partial charge in [0.05, 0.1) is 29.6 Å². The molecule has 7 nitrogen and oxygen atoms in total. The molecule has 3 aromatic rings. The standard InChI is InChI=1S/C20H25N5O2S/c1-14-5-4-6-25-17(12-23(3)11-16-13-28-15(2)21-16)18(22-19(14)25)20(26)24-7-9-27-10-8-24/h4-6,13H,7-12H2,1-3H3. The molecule has 0 aliphatic carbocycles. The van der Waals surface area contributed by atoms with Crippen LogP contribution < -0.4 is 0 Å². The maximum absolute atomic E-state index is 13.2. The third kappa shape index (κ3) is 3.80. The molecule has 0 unspecified atom stereocenters. The van der Waals surface area contributed by atoms with Gasteiger partial charge in [0, 0.05) is 37.8 Å². The molecule has 0 bridgehead atoms. The van der Waals surface area contributed by atoms with Gasteiger partial charge in [-0.15, -0.1) is 11.3 Å². The predicted octanol–water partition coefficient (Wildman–Crippen LogP) is 2.51. The number of carbonyl (C=O) groups is 1. The summed E-state index contributed by atoms with van der Waals surface area (Å²) in [4.78, 5) is 26.5. The second kappa shape index (κ2) is 7.98. The topological polar surface area (TPSA) is 63.0 Å². The number of rotatable bonds is 5. The van der Waals surface area contributed by atoms with Crippen LogP contribution in [0.3, 0.4) is 0 Å². The maximum atomic E-state index is 13.2. The second-order valence-corrected chi connectivity index (χ2v) is 8.29. The summed E-state index contributed by atoms with van der Waals surface area (Å²) >= 11 is 1.66. The molecular formula is C20H25N5O2S. The van der Waals surface area contributed by atoms with Gasteiger partial charge < -0.3 is 14.0 Å².